The van der Waals surface area contributed by atoms with Crippen LogP contribution in [0.4, 0.5) is 0 Å². The lowest BCUT2D eigenvalue weighted by Gasteiger charge is -2.45. The molecule has 82 valence electrons. The predicted octanol–water partition coefficient (Wildman–Crippen LogP) is 1.86. The van der Waals surface area contributed by atoms with Gasteiger partial charge in [0.2, 0.25) is 0 Å². The molecule has 2 heteroatoms. The van der Waals surface area contributed by atoms with E-state index in [0.29, 0.717) is 6.04 Å². The van der Waals surface area contributed by atoms with Crippen LogP contribution >= 0.6 is 0 Å². The Morgan fingerprint density at radius 1 is 1.36 bits per heavy atom. The summed E-state index contributed by atoms with van der Waals surface area (Å²) >= 11 is 0. The molecule has 3 atom stereocenters. The molecule has 0 aromatic heterocycles. The van der Waals surface area contributed by atoms with E-state index < -0.39 is 0 Å². The van der Waals surface area contributed by atoms with Crippen molar-refractivity contribution >= 4 is 0 Å². The SMILES string of the molecule is CCC1C2NCCC2CCN1C(C)C. The third-order valence-electron chi connectivity index (χ3n) is 4.08. The standard InChI is InChI=1S/C12H24N2/c1-4-11-12-10(5-7-13-12)6-8-14(11)9(2)3/h9-13H,4-8H2,1-3H3. The number of nitrogens with zero attached hydrogens (tertiary/aromatic N) is 1. The van der Waals surface area contributed by atoms with Gasteiger partial charge in [-0.3, -0.25) is 4.90 Å². The van der Waals surface area contributed by atoms with E-state index in [0.717, 1.165) is 18.0 Å². The van der Waals surface area contributed by atoms with Crippen molar-refractivity contribution in [2.24, 2.45) is 5.92 Å². The van der Waals surface area contributed by atoms with Crippen molar-refractivity contribution in [1.29, 1.82) is 0 Å². The van der Waals surface area contributed by atoms with Crippen LogP contribution in [0.25, 0.3) is 0 Å². The summed E-state index contributed by atoms with van der Waals surface area (Å²) in [4.78, 5) is 2.69. The molecular formula is C12H24N2. The minimum Gasteiger partial charge on any atom is -0.312 e. The van der Waals surface area contributed by atoms with Gasteiger partial charge >= 0.3 is 0 Å². The average Bonchev–Trinajstić information content (AvgIpc) is 2.63. The number of likely N-dealkylation sites (tertiary alicyclic amines) is 1. The molecule has 2 saturated heterocycles. The molecule has 14 heavy (non-hydrogen) atoms. The number of rotatable bonds is 2. The van der Waals surface area contributed by atoms with Crippen molar-refractivity contribution in [3.8, 4) is 0 Å². The lowest BCUT2D eigenvalue weighted by atomic mass is 9.84. The summed E-state index contributed by atoms with van der Waals surface area (Å²) in [5.41, 5.74) is 0. The quantitative estimate of drug-likeness (QED) is 0.725. The van der Waals surface area contributed by atoms with Crippen LogP contribution in [0.5, 0.6) is 0 Å². The van der Waals surface area contributed by atoms with Crippen molar-refractivity contribution < 1.29 is 0 Å². The van der Waals surface area contributed by atoms with Crippen LogP contribution in [0, 0.1) is 5.92 Å². The molecule has 0 aromatic carbocycles. The highest BCUT2D eigenvalue weighted by Crippen LogP contribution is 2.32. The Bertz CT molecular complexity index is 189. The van der Waals surface area contributed by atoms with Crippen molar-refractivity contribution in [2.45, 2.75) is 58.2 Å². The minimum absolute atomic E-state index is 0.711. The molecule has 2 aliphatic rings. The Morgan fingerprint density at radius 3 is 2.79 bits per heavy atom. The summed E-state index contributed by atoms with van der Waals surface area (Å²) in [6, 6.07) is 2.29. The van der Waals surface area contributed by atoms with Crippen LogP contribution in [0.3, 0.4) is 0 Å². The number of hydrogen-bond donors (Lipinski definition) is 1. The Balaban J connectivity index is 2.08. The van der Waals surface area contributed by atoms with Crippen LogP contribution < -0.4 is 5.32 Å². The average molecular weight is 196 g/mol. The molecule has 0 spiro atoms. The molecule has 0 aliphatic carbocycles. The van der Waals surface area contributed by atoms with Crippen LogP contribution in [0.15, 0.2) is 0 Å². The second-order valence-corrected chi connectivity index (χ2v) is 5.12. The van der Waals surface area contributed by atoms with Crippen LogP contribution in [-0.4, -0.2) is 36.1 Å². The highest BCUT2D eigenvalue weighted by molar-refractivity contribution is 4.98. The Morgan fingerprint density at radius 2 is 2.14 bits per heavy atom. The number of nitrogens with one attached hydrogen (secondary N) is 1. The highest BCUT2D eigenvalue weighted by atomic mass is 15.2. The zero-order chi connectivity index (χ0) is 10.1. The second kappa shape index (κ2) is 4.19. The fraction of sp³-hybridized carbons (Fsp3) is 1.00. The van der Waals surface area contributed by atoms with E-state index in [1.807, 2.05) is 0 Å². The number of piperidine rings is 1. The van der Waals surface area contributed by atoms with Gasteiger partial charge in [-0.1, -0.05) is 6.92 Å². The maximum Gasteiger partial charge on any atom is 0.0252 e. The van der Waals surface area contributed by atoms with Gasteiger partial charge < -0.3 is 5.32 Å². The summed E-state index contributed by atoms with van der Waals surface area (Å²) < 4.78 is 0. The van der Waals surface area contributed by atoms with Crippen molar-refractivity contribution in [1.82, 2.24) is 10.2 Å². The third kappa shape index (κ3) is 1.70. The molecule has 1 N–H and O–H groups in total. The van der Waals surface area contributed by atoms with E-state index in [2.05, 4.69) is 31.0 Å². The fourth-order valence-corrected chi connectivity index (χ4v) is 3.37. The van der Waals surface area contributed by atoms with Gasteiger partial charge in [0, 0.05) is 18.1 Å². The van der Waals surface area contributed by atoms with E-state index in [-0.39, 0.29) is 0 Å². The number of hydrogen-bond acceptors (Lipinski definition) is 2. The fourth-order valence-electron chi connectivity index (χ4n) is 3.37. The van der Waals surface area contributed by atoms with Gasteiger partial charge in [-0.25, -0.2) is 0 Å². The van der Waals surface area contributed by atoms with Gasteiger partial charge in [-0.05, 0) is 52.1 Å². The number of fused-ring (bicyclic) bond motifs is 1. The van der Waals surface area contributed by atoms with E-state index in [4.69, 9.17) is 0 Å². The lowest BCUT2D eigenvalue weighted by Crippen LogP contribution is -2.56. The summed E-state index contributed by atoms with van der Waals surface area (Å²) in [5.74, 6) is 0.968. The van der Waals surface area contributed by atoms with Crippen LogP contribution in [-0.2, 0) is 0 Å². The van der Waals surface area contributed by atoms with Crippen molar-refractivity contribution in [3.05, 3.63) is 0 Å². The molecule has 2 fully saturated rings. The van der Waals surface area contributed by atoms with Gasteiger partial charge in [-0.2, -0.15) is 0 Å². The van der Waals surface area contributed by atoms with E-state index in [9.17, 15) is 0 Å². The van der Waals surface area contributed by atoms with Gasteiger partial charge in [0.1, 0.15) is 0 Å². The monoisotopic (exact) mass is 196 g/mol. The first-order chi connectivity index (χ1) is 6.74. The molecule has 3 unspecified atom stereocenters. The van der Waals surface area contributed by atoms with Gasteiger partial charge in [-0.15, -0.1) is 0 Å². The normalized spacial score (nSPS) is 39.0. The molecule has 2 heterocycles. The summed E-state index contributed by atoms with van der Waals surface area (Å²) in [6.45, 7) is 9.56. The van der Waals surface area contributed by atoms with Gasteiger partial charge in [0.25, 0.3) is 0 Å². The summed E-state index contributed by atoms with van der Waals surface area (Å²) in [7, 11) is 0. The predicted molar refractivity (Wildman–Crippen MR) is 60.4 cm³/mol. The molecule has 0 aromatic rings. The second-order valence-electron chi connectivity index (χ2n) is 5.12. The molecule has 0 amide bonds. The molecule has 2 nitrogen and oxygen atoms in total. The smallest absolute Gasteiger partial charge is 0.0252 e. The van der Waals surface area contributed by atoms with E-state index in [1.165, 1.54) is 32.4 Å². The highest BCUT2D eigenvalue weighted by Gasteiger charge is 2.39. The zero-order valence-corrected chi connectivity index (χ0v) is 9.79. The minimum atomic E-state index is 0.711. The Labute approximate surface area is 88.1 Å². The van der Waals surface area contributed by atoms with Crippen LogP contribution in [0.2, 0.25) is 0 Å². The maximum absolute atomic E-state index is 3.70. The maximum atomic E-state index is 3.70. The first-order valence-electron chi connectivity index (χ1n) is 6.23. The van der Waals surface area contributed by atoms with Gasteiger partial charge in [0.05, 0.1) is 0 Å². The first-order valence-corrected chi connectivity index (χ1v) is 6.23. The van der Waals surface area contributed by atoms with E-state index >= 15 is 0 Å². The van der Waals surface area contributed by atoms with Gasteiger partial charge in [0.15, 0.2) is 0 Å². The lowest BCUT2D eigenvalue weighted by molar-refractivity contribution is 0.0621. The molecule has 0 saturated carbocycles. The summed E-state index contributed by atoms with van der Waals surface area (Å²) in [6.07, 6.45) is 4.12. The summed E-state index contributed by atoms with van der Waals surface area (Å²) in [5, 5.41) is 3.70. The third-order valence-corrected chi connectivity index (χ3v) is 4.08. The van der Waals surface area contributed by atoms with E-state index in [1.54, 1.807) is 0 Å². The molecule has 0 bridgehead atoms. The van der Waals surface area contributed by atoms with Crippen molar-refractivity contribution in [2.75, 3.05) is 13.1 Å². The Hall–Kier alpha value is -0.0800. The largest absolute Gasteiger partial charge is 0.312 e. The van der Waals surface area contributed by atoms with Crippen molar-refractivity contribution in [3.63, 3.8) is 0 Å². The molecular weight excluding hydrogens is 172 g/mol. The topological polar surface area (TPSA) is 15.3 Å². The molecule has 2 rings (SSSR count). The van der Waals surface area contributed by atoms with Crippen LogP contribution in [0.1, 0.15) is 40.0 Å². The zero-order valence-electron chi connectivity index (χ0n) is 9.79. The first kappa shape index (κ1) is 10.4. The molecule has 0 radical (unpaired) electrons. The Kier molecular flexibility index (Phi) is 3.13. The molecule has 2 aliphatic heterocycles.